The van der Waals surface area contributed by atoms with E-state index in [2.05, 4.69) is 4.98 Å². The van der Waals surface area contributed by atoms with Gasteiger partial charge in [0.25, 0.3) is 11.5 Å². The summed E-state index contributed by atoms with van der Waals surface area (Å²) in [5, 5.41) is 0. The molecular weight excluding hydrogens is 433 g/mol. The number of hydrogen-bond donors (Lipinski definition) is 0. The molecule has 0 saturated carbocycles. The van der Waals surface area contributed by atoms with E-state index >= 15 is 0 Å². The second-order valence-electron chi connectivity index (χ2n) is 8.62. The fourth-order valence-corrected chi connectivity index (χ4v) is 4.44. The molecule has 8 heteroatoms. The zero-order valence-electron chi connectivity index (χ0n) is 19.2. The maximum atomic E-state index is 13.9. The van der Waals surface area contributed by atoms with Crippen LogP contribution >= 0.6 is 0 Å². The Morgan fingerprint density at radius 3 is 2.59 bits per heavy atom. The van der Waals surface area contributed by atoms with Gasteiger partial charge in [0.05, 0.1) is 29.5 Å². The van der Waals surface area contributed by atoms with E-state index in [4.69, 9.17) is 4.98 Å². The van der Waals surface area contributed by atoms with E-state index < -0.39 is 0 Å². The average Bonchev–Trinajstić information content (AvgIpc) is 3.25. The van der Waals surface area contributed by atoms with Gasteiger partial charge in [0.2, 0.25) is 0 Å². The van der Waals surface area contributed by atoms with Crippen LogP contribution in [0.2, 0.25) is 0 Å². The number of nitrogens with zero attached hydrogens (tertiary/aromatic N) is 5. The fourth-order valence-electron chi connectivity index (χ4n) is 4.44. The quantitative estimate of drug-likeness (QED) is 0.463. The Labute approximate surface area is 196 Å². The minimum atomic E-state index is -0.318. The molecule has 0 radical (unpaired) electrons. The summed E-state index contributed by atoms with van der Waals surface area (Å²) in [7, 11) is 0. The van der Waals surface area contributed by atoms with Crippen molar-refractivity contribution in [2.24, 2.45) is 0 Å². The first-order valence-corrected chi connectivity index (χ1v) is 11.1. The lowest BCUT2D eigenvalue weighted by molar-refractivity contribution is 0.0624. The number of aryl methyl sites for hydroxylation is 2. The van der Waals surface area contributed by atoms with Gasteiger partial charge in [0.15, 0.2) is 0 Å². The highest BCUT2D eigenvalue weighted by Crippen LogP contribution is 2.27. The number of fused-ring (bicyclic) bond motifs is 1. The standard InChI is InChI=1S/C26H24FN5O2/c1-16-11-19(13-20(27)12-16)22-6-4-5-21(29-22)18(3)31-9-10-32-24(26(31)34)8-7-23(25(32)33)30-14-17(2)28-15-30/h4-8,11-15,18H,9-10H2,1-3H3/t18-/m0/s1. The normalized spacial score (nSPS) is 14.2. The molecule has 0 fully saturated rings. The highest BCUT2D eigenvalue weighted by Gasteiger charge is 2.30. The molecule has 172 valence electrons. The molecule has 0 spiro atoms. The molecule has 34 heavy (non-hydrogen) atoms. The summed E-state index contributed by atoms with van der Waals surface area (Å²) < 4.78 is 17.1. The lowest BCUT2D eigenvalue weighted by Crippen LogP contribution is -2.46. The molecule has 0 saturated heterocycles. The summed E-state index contributed by atoms with van der Waals surface area (Å²) in [5.41, 5.74) is 4.24. The summed E-state index contributed by atoms with van der Waals surface area (Å²) in [5.74, 6) is -0.535. The van der Waals surface area contributed by atoms with Crippen molar-refractivity contribution < 1.29 is 9.18 Å². The van der Waals surface area contributed by atoms with Gasteiger partial charge in [-0.1, -0.05) is 6.07 Å². The Morgan fingerprint density at radius 2 is 1.85 bits per heavy atom. The van der Waals surface area contributed by atoms with E-state index in [1.165, 1.54) is 16.7 Å². The van der Waals surface area contributed by atoms with Crippen LogP contribution in [-0.4, -0.2) is 36.5 Å². The van der Waals surface area contributed by atoms with E-state index in [1.807, 2.05) is 45.0 Å². The minimum Gasteiger partial charge on any atom is -0.327 e. The molecule has 1 atom stereocenters. The Hall–Kier alpha value is -4.07. The Balaban J connectivity index is 1.45. The zero-order valence-corrected chi connectivity index (χ0v) is 19.2. The van der Waals surface area contributed by atoms with Gasteiger partial charge in [-0.05, 0) is 68.8 Å². The van der Waals surface area contributed by atoms with Gasteiger partial charge in [-0.25, -0.2) is 9.37 Å². The molecule has 4 heterocycles. The molecular formula is C26H24FN5O2. The summed E-state index contributed by atoms with van der Waals surface area (Å²) in [4.78, 5) is 37.0. The first-order chi connectivity index (χ1) is 16.3. The third-order valence-corrected chi connectivity index (χ3v) is 6.19. The van der Waals surface area contributed by atoms with E-state index in [-0.39, 0.29) is 23.3 Å². The van der Waals surface area contributed by atoms with Gasteiger partial charge in [0, 0.05) is 24.8 Å². The van der Waals surface area contributed by atoms with E-state index in [0.29, 0.717) is 41.4 Å². The highest BCUT2D eigenvalue weighted by atomic mass is 19.1. The number of pyridine rings is 2. The van der Waals surface area contributed by atoms with Gasteiger partial charge in [-0.2, -0.15) is 0 Å². The molecule has 0 unspecified atom stereocenters. The first kappa shape index (κ1) is 21.8. The number of carbonyl (C=O) groups is 1. The maximum absolute atomic E-state index is 13.9. The third-order valence-electron chi connectivity index (χ3n) is 6.19. The molecule has 0 N–H and O–H groups in total. The highest BCUT2D eigenvalue weighted by molar-refractivity contribution is 5.93. The summed E-state index contributed by atoms with van der Waals surface area (Å²) in [6.45, 7) is 6.37. The zero-order chi connectivity index (χ0) is 24.0. The lowest BCUT2D eigenvalue weighted by atomic mass is 10.1. The van der Waals surface area contributed by atoms with Crippen LogP contribution in [0, 0.1) is 19.7 Å². The van der Waals surface area contributed by atoms with Crippen LogP contribution in [0.3, 0.4) is 0 Å². The van der Waals surface area contributed by atoms with Crippen molar-refractivity contribution in [3.63, 3.8) is 0 Å². The molecule has 0 aliphatic carbocycles. The van der Waals surface area contributed by atoms with Crippen molar-refractivity contribution in [2.75, 3.05) is 6.54 Å². The van der Waals surface area contributed by atoms with Crippen LogP contribution in [-0.2, 0) is 6.54 Å². The summed E-state index contributed by atoms with van der Waals surface area (Å²) >= 11 is 0. The molecule has 1 aliphatic rings. The van der Waals surface area contributed by atoms with Gasteiger partial charge < -0.3 is 14.0 Å². The molecule has 1 aromatic carbocycles. The molecule has 1 amide bonds. The summed E-state index contributed by atoms with van der Waals surface area (Å²) in [6.07, 6.45) is 3.37. The van der Waals surface area contributed by atoms with Crippen molar-refractivity contribution in [3.05, 3.63) is 99.9 Å². The van der Waals surface area contributed by atoms with Crippen molar-refractivity contribution in [1.29, 1.82) is 0 Å². The average molecular weight is 458 g/mol. The van der Waals surface area contributed by atoms with Crippen LogP contribution in [0.25, 0.3) is 16.9 Å². The SMILES string of the molecule is Cc1cc(F)cc(-c2cccc([C@H](C)N3CCn4c(ccc(-n5cnc(C)c5)c4=O)C3=O)n2)c1. The third kappa shape index (κ3) is 3.81. The van der Waals surface area contributed by atoms with E-state index in [1.54, 1.807) is 34.1 Å². The second-order valence-corrected chi connectivity index (χ2v) is 8.62. The van der Waals surface area contributed by atoms with Crippen LogP contribution in [0.5, 0.6) is 0 Å². The van der Waals surface area contributed by atoms with Crippen molar-refractivity contribution in [1.82, 2.24) is 24.0 Å². The van der Waals surface area contributed by atoms with Crippen LogP contribution < -0.4 is 5.56 Å². The van der Waals surface area contributed by atoms with Gasteiger partial charge >= 0.3 is 0 Å². The Bertz CT molecular complexity index is 1450. The number of rotatable bonds is 4. The van der Waals surface area contributed by atoms with Crippen LogP contribution in [0.15, 0.2) is 65.8 Å². The molecule has 5 rings (SSSR count). The second kappa shape index (κ2) is 8.37. The van der Waals surface area contributed by atoms with Crippen molar-refractivity contribution in [3.8, 4) is 16.9 Å². The Kier molecular flexibility index (Phi) is 5.36. The molecule has 0 bridgehead atoms. The number of amides is 1. The van der Waals surface area contributed by atoms with Gasteiger partial charge in [-0.3, -0.25) is 14.6 Å². The molecule has 3 aromatic heterocycles. The van der Waals surface area contributed by atoms with Gasteiger partial charge in [0.1, 0.15) is 17.2 Å². The monoisotopic (exact) mass is 457 g/mol. The van der Waals surface area contributed by atoms with Crippen molar-refractivity contribution in [2.45, 2.75) is 33.4 Å². The van der Waals surface area contributed by atoms with E-state index in [9.17, 15) is 14.0 Å². The topological polar surface area (TPSA) is 73.0 Å². The molecule has 7 nitrogen and oxygen atoms in total. The molecule has 1 aliphatic heterocycles. The molecule has 4 aromatic rings. The lowest BCUT2D eigenvalue weighted by Gasteiger charge is -2.34. The number of hydrogen-bond acceptors (Lipinski definition) is 4. The van der Waals surface area contributed by atoms with Gasteiger partial charge in [-0.15, -0.1) is 0 Å². The smallest absolute Gasteiger partial charge is 0.275 e. The Morgan fingerprint density at radius 1 is 1.03 bits per heavy atom. The number of aromatic nitrogens is 4. The predicted molar refractivity (Wildman–Crippen MR) is 126 cm³/mol. The maximum Gasteiger partial charge on any atom is 0.275 e. The summed E-state index contributed by atoms with van der Waals surface area (Å²) in [6, 6.07) is 13.4. The van der Waals surface area contributed by atoms with Crippen LogP contribution in [0.4, 0.5) is 4.39 Å². The number of carbonyl (C=O) groups excluding carboxylic acids is 1. The largest absolute Gasteiger partial charge is 0.327 e. The first-order valence-electron chi connectivity index (χ1n) is 11.1. The number of benzene rings is 1. The minimum absolute atomic E-state index is 0.224. The fraction of sp³-hybridized carbons (Fsp3) is 0.231. The predicted octanol–water partition coefficient (Wildman–Crippen LogP) is 4.07. The van der Waals surface area contributed by atoms with Crippen molar-refractivity contribution >= 4 is 5.91 Å². The number of halogens is 1. The van der Waals surface area contributed by atoms with E-state index in [0.717, 1.165) is 11.3 Å². The number of imidazole rings is 1. The van der Waals surface area contributed by atoms with Crippen LogP contribution in [0.1, 0.15) is 40.4 Å².